The number of carbonyl (C=O) groups is 1. The zero-order valence-electron chi connectivity index (χ0n) is 9.81. The Morgan fingerprint density at radius 3 is 2.58 bits per heavy atom. The fraction of sp³-hybridized carbons (Fsp3) is 0.600. The molecule has 1 amide bonds. The van der Waals surface area contributed by atoms with Crippen LogP contribution in [0.3, 0.4) is 0 Å². The molecule has 9 heteroatoms. The number of nitrogens with two attached hydrogens (primary N) is 1. The van der Waals surface area contributed by atoms with E-state index in [4.69, 9.17) is 10.5 Å². The number of thiazole rings is 1. The van der Waals surface area contributed by atoms with Crippen LogP contribution in [0.5, 0.6) is 0 Å². The van der Waals surface area contributed by atoms with Gasteiger partial charge in [-0.05, 0) is 0 Å². The average molecular weight is 295 g/mol. The zero-order chi connectivity index (χ0) is 14.0. The van der Waals surface area contributed by atoms with Gasteiger partial charge < -0.3 is 15.4 Å². The Hall–Kier alpha value is -1.51. The van der Waals surface area contributed by atoms with E-state index < -0.39 is 17.1 Å². The number of alkyl halides is 3. The van der Waals surface area contributed by atoms with E-state index in [1.54, 1.807) is 4.90 Å². The van der Waals surface area contributed by atoms with Gasteiger partial charge in [0.15, 0.2) is 5.13 Å². The molecule has 1 saturated heterocycles. The SMILES string of the molecule is NC(=O)OC1CCN(c2ncc(C(F)(F)F)s2)CC1. The molecule has 1 aromatic rings. The van der Waals surface area contributed by atoms with Crippen LogP contribution in [0.1, 0.15) is 17.7 Å². The molecule has 0 unspecified atom stereocenters. The molecule has 2 N–H and O–H groups in total. The van der Waals surface area contributed by atoms with Gasteiger partial charge in [0.05, 0.1) is 6.20 Å². The van der Waals surface area contributed by atoms with Gasteiger partial charge in [-0.15, -0.1) is 0 Å². The molecule has 1 fully saturated rings. The van der Waals surface area contributed by atoms with E-state index in [0.717, 1.165) is 6.20 Å². The maximum atomic E-state index is 12.5. The lowest BCUT2D eigenvalue weighted by Crippen LogP contribution is -2.38. The van der Waals surface area contributed by atoms with Crippen LogP contribution in [0.25, 0.3) is 0 Å². The number of ether oxygens (including phenoxy) is 1. The first-order chi connectivity index (χ1) is 8.86. The predicted molar refractivity (Wildman–Crippen MR) is 63.0 cm³/mol. The molecule has 1 aromatic heterocycles. The van der Waals surface area contributed by atoms with Crippen LogP contribution in [-0.2, 0) is 10.9 Å². The third-order valence-corrected chi connectivity index (χ3v) is 3.87. The number of carbonyl (C=O) groups excluding carboxylic acids is 1. The van der Waals surface area contributed by atoms with Crippen molar-refractivity contribution in [1.82, 2.24) is 4.98 Å². The summed E-state index contributed by atoms with van der Waals surface area (Å²) in [5.74, 6) is 0. The summed E-state index contributed by atoms with van der Waals surface area (Å²) in [5, 5.41) is 0.338. The second-order valence-electron chi connectivity index (χ2n) is 4.13. The van der Waals surface area contributed by atoms with E-state index in [1.165, 1.54) is 0 Å². The Morgan fingerprint density at radius 1 is 1.47 bits per heavy atom. The minimum Gasteiger partial charge on any atom is -0.446 e. The molecular weight excluding hydrogens is 283 g/mol. The van der Waals surface area contributed by atoms with Crippen LogP contribution in [0.2, 0.25) is 0 Å². The van der Waals surface area contributed by atoms with E-state index in [1.807, 2.05) is 0 Å². The Kier molecular flexibility index (Phi) is 3.83. The van der Waals surface area contributed by atoms with E-state index in [0.29, 0.717) is 42.4 Å². The van der Waals surface area contributed by atoms with Gasteiger partial charge >= 0.3 is 12.3 Å². The van der Waals surface area contributed by atoms with Crippen LogP contribution in [0, 0.1) is 0 Å². The normalized spacial score (nSPS) is 17.5. The number of hydrogen-bond acceptors (Lipinski definition) is 5. The van der Waals surface area contributed by atoms with Crippen LogP contribution in [0.4, 0.5) is 23.1 Å². The van der Waals surface area contributed by atoms with Crippen molar-refractivity contribution in [2.24, 2.45) is 5.73 Å². The monoisotopic (exact) mass is 295 g/mol. The molecule has 5 nitrogen and oxygen atoms in total. The fourth-order valence-electron chi connectivity index (χ4n) is 1.87. The second kappa shape index (κ2) is 5.24. The molecule has 0 saturated carbocycles. The fourth-order valence-corrected chi connectivity index (χ4v) is 2.71. The molecule has 0 aromatic carbocycles. The number of primary amides is 1. The number of anilines is 1. The van der Waals surface area contributed by atoms with E-state index in [-0.39, 0.29) is 6.10 Å². The molecule has 1 aliphatic heterocycles. The minimum atomic E-state index is -4.36. The third-order valence-electron chi connectivity index (χ3n) is 2.77. The van der Waals surface area contributed by atoms with Gasteiger partial charge in [-0.3, -0.25) is 0 Å². The lowest BCUT2D eigenvalue weighted by atomic mass is 10.1. The summed E-state index contributed by atoms with van der Waals surface area (Å²) in [6.45, 7) is 0.978. The van der Waals surface area contributed by atoms with Crippen molar-refractivity contribution in [2.75, 3.05) is 18.0 Å². The number of rotatable bonds is 2. The van der Waals surface area contributed by atoms with Crippen LogP contribution in [-0.4, -0.2) is 30.3 Å². The van der Waals surface area contributed by atoms with Gasteiger partial charge in [-0.25, -0.2) is 9.78 Å². The average Bonchev–Trinajstić information content (AvgIpc) is 2.78. The number of halogens is 3. The first-order valence-electron chi connectivity index (χ1n) is 5.60. The quantitative estimate of drug-likeness (QED) is 0.908. The molecular formula is C10H12F3N3O2S. The first kappa shape index (κ1) is 13.9. The molecule has 106 valence electrons. The van der Waals surface area contributed by atoms with Crippen molar-refractivity contribution < 1.29 is 22.7 Å². The largest absolute Gasteiger partial charge is 0.446 e. The Balaban J connectivity index is 1.94. The van der Waals surface area contributed by atoms with Gasteiger partial charge in [-0.1, -0.05) is 11.3 Å². The Labute approximate surface area is 111 Å². The van der Waals surface area contributed by atoms with Gasteiger partial charge in [0.1, 0.15) is 11.0 Å². The van der Waals surface area contributed by atoms with Gasteiger partial charge in [0, 0.05) is 25.9 Å². The summed E-state index contributed by atoms with van der Waals surface area (Å²) in [6.07, 6.45) is -3.55. The summed E-state index contributed by atoms with van der Waals surface area (Å²) in [4.78, 5) is 15.4. The molecule has 0 bridgehead atoms. The van der Waals surface area contributed by atoms with Crippen molar-refractivity contribution in [3.05, 3.63) is 11.1 Å². The second-order valence-corrected chi connectivity index (χ2v) is 5.14. The summed E-state index contributed by atoms with van der Waals surface area (Å²) >= 11 is 0.619. The first-order valence-corrected chi connectivity index (χ1v) is 6.42. The highest BCUT2D eigenvalue weighted by molar-refractivity contribution is 7.15. The molecule has 1 aliphatic rings. The standard InChI is InChI=1S/C10H12F3N3O2S/c11-10(12,13)7-5-15-9(19-7)16-3-1-6(2-4-16)18-8(14)17/h5-6H,1-4H2,(H2,14,17). The highest BCUT2D eigenvalue weighted by Crippen LogP contribution is 2.36. The molecule has 0 radical (unpaired) electrons. The summed E-state index contributed by atoms with van der Waals surface area (Å²) in [5.41, 5.74) is 4.91. The summed E-state index contributed by atoms with van der Waals surface area (Å²) < 4.78 is 42.2. The molecule has 0 atom stereocenters. The molecule has 2 heterocycles. The molecule has 19 heavy (non-hydrogen) atoms. The zero-order valence-corrected chi connectivity index (χ0v) is 10.6. The van der Waals surface area contributed by atoms with Crippen LogP contribution >= 0.6 is 11.3 Å². The Morgan fingerprint density at radius 2 is 2.11 bits per heavy atom. The van der Waals surface area contributed by atoms with Crippen LogP contribution < -0.4 is 10.6 Å². The number of amides is 1. The molecule has 0 spiro atoms. The maximum absolute atomic E-state index is 12.5. The smallest absolute Gasteiger partial charge is 0.427 e. The summed E-state index contributed by atoms with van der Waals surface area (Å²) in [7, 11) is 0. The van der Waals surface area contributed by atoms with Crippen molar-refractivity contribution in [2.45, 2.75) is 25.1 Å². The number of hydrogen-bond donors (Lipinski definition) is 1. The van der Waals surface area contributed by atoms with Gasteiger partial charge in [0.2, 0.25) is 0 Å². The van der Waals surface area contributed by atoms with Gasteiger partial charge in [0.25, 0.3) is 0 Å². The lowest BCUT2D eigenvalue weighted by molar-refractivity contribution is -0.134. The molecule has 0 aliphatic carbocycles. The van der Waals surface area contributed by atoms with Crippen molar-refractivity contribution in [3.63, 3.8) is 0 Å². The number of piperidine rings is 1. The highest BCUT2D eigenvalue weighted by Gasteiger charge is 2.34. The summed E-state index contributed by atoms with van der Waals surface area (Å²) in [6, 6.07) is 0. The van der Waals surface area contributed by atoms with Gasteiger partial charge in [-0.2, -0.15) is 13.2 Å². The van der Waals surface area contributed by atoms with Crippen molar-refractivity contribution in [1.29, 1.82) is 0 Å². The molecule has 2 rings (SSSR count). The number of nitrogens with zero attached hydrogens (tertiary/aromatic N) is 2. The van der Waals surface area contributed by atoms with Crippen molar-refractivity contribution in [3.8, 4) is 0 Å². The lowest BCUT2D eigenvalue weighted by Gasteiger charge is -2.30. The van der Waals surface area contributed by atoms with Crippen molar-refractivity contribution >= 4 is 22.6 Å². The van der Waals surface area contributed by atoms with E-state index in [2.05, 4.69) is 4.98 Å². The topological polar surface area (TPSA) is 68.5 Å². The predicted octanol–water partition coefficient (Wildman–Crippen LogP) is 2.23. The maximum Gasteiger partial charge on any atom is 0.427 e. The third kappa shape index (κ3) is 3.49. The Bertz CT molecular complexity index is 455. The number of aromatic nitrogens is 1. The van der Waals surface area contributed by atoms with E-state index >= 15 is 0 Å². The van der Waals surface area contributed by atoms with Crippen LogP contribution in [0.15, 0.2) is 6.20 Å². The highest BCUT2D eigenvalue weighted by atomic mass is 32.1. The van der Waals surface area contributed by atoms with E-state index in [9.17, 15) is 18.0 Å². The minimum absolute atomic E-state index is 0.268.